The quantitative estimate of drug-likeness (QED) is 0.353. The number of guanidine groups is 1. The molecule has 0 unspecified atom stereocenters. The Morgan fingerprint density at radius 3 is 2.35 bits per heavy atom. The molecule has 1 aromatic carbocycles. The molecule has 1 fully saturated rings. The van der Waals surface area contributed by atoms with Gasteiger partial charge >= 0.3 is 0 Å². The fourth-order valence-electron chi connectivity index (χ4n) is 1.86. The van der Waals surface area contributed by atoms with Crippen LogP contribution in [0, 0.1) is 13.8 Å². The molecule has 0 saturated heterocycles. The van der Waals surface area contributed by atoms with E-state index in [0.29, 0.717) is 6.04 Å². The number of rotatable bonds is 2. The van der Waals surface area contributed by atoms with Crippen LogP contribution in [0.15, 0.2) is 23.2 Å². The Balaban J connectivity index is 2.24. The maximum atomic E-state index is 5.54. The molecule has 0 amide bonds. The highest BCUT2D eigenvalue weighted by atomic mass is 15.4. The molecule has 0 aromatic heterocycles. The van der Waals surface area contributed by atoms with Crippen LogP contribution in [0.25, 0.3) is 0 Å². The third kappa shape index (κ3) is 2.97. The van der Waals surface area contributed by atoms with Crippen LogP contribution in [0.1, 0.15) is 24.0 Å². The van der Waals surface area contributed by atoms with Crippen molar-refractivity contribution >= 4 is 11.6 Å². The standard InChI is InChI=1S/C13H20N4/c1-9-6-10(2)8-12(7-9)17(3)13(16-14)15-11-4-5-11/h6-8,11H,4-5,14H2,1-3H3,(H,15,16). The Bertz CT molecular complexity index is 415. The fraction of sp³-hybridized carbons (Fsp3) is 0.462. The molecule has 0 atom stereocenters. The topological polar surface area (TPSA) is 53.6 Å². The summed E-state index contributed by atoms with van der Waals surface area (Å²) in [6.45, 7) is 4.19. The molecule has 0 aliphatic heterocycles. The SMILES string of the molecule is Cc1cc(C)cc(N(C)C(=NC2CC2)NN)c1. The van der Waals surface area contributed by atoms with Crippen molar-refractivity contribution in [1.82, 2.24) is 5.43 Å². The summed E-state index contributed by atoms with van der Waals surface area (Å²) in [5, 5.41) is 0. The lowest BCUT2D eigenvalue weighted by molar-refractivity contribution is 0.932. The van der Waals surface area contributed by atoms with Crippen molar-refractivity contribution in [3.05, 3.63) is 29.3 Å². The zero-order valence-corrected chi connectivity index (χ0v) is 10.7. The van der Waals surface area contributed by atoms with E-state index < -0.39 is 0 Å². The molecule has 1 saturated carbocycles. The van der Waals surface area contributed by atoms with E-state index in [1.165, 1.54) is 24.0 Å². The van der Waals surface area contributed by atoms with Crippen molar-refractivity contribution in [2.45, 2.75) is 32.7 Å². The van der Waals surface area contributed by atoms with Crippen molar-refractivity contribution in [1.29, 1.82) is 0 Å². The van der Waals surface area contributed by atoms with Gasteiger partial charge in [0.25, 0.3) is 0 Å². The smallest absolute Gasteiger partial charge is 0.212 e. The highest BCUT2D eigenvalue weighted by Gasteiger charge is 2.22. The Hall–Kier alpha value is -1.55. The van der Waals surface area contributed by atoms with E-state index in [-0.39, 0.29) is 0 Å². The first kappa shape index (κ1) is 11.9. The van der Waals surface area contributed by atoms with E-state index in [2.05, 4.69) is 42.5 Å². The lowest BCUT2D eigenvalue weighted by atomic mass is 10.1. The van der Waals surface area contributed by atoms with Gasteiger partial charge in [-0.05, 0) is 49.9 Å². The average molecular weight is 232 g/mol. The number of anilines is 1. The molecule has 17 heavy (non-hydrogen) atoms. The third-order valence-electron chi connectivity index (χ3n) is 2.89. The molecular formula is C13H20N4. The van der Waals surface area contributed by atoms with Crippen LogP contribution in [-0.4, -0.2) is 19.0 Å². The predicted molar refractivity (Wildman–Crippen MR) is 72.1 cm³/mol. The van der Waals surface area contributed by atoms with Crippen LogP contribution in [0.5, 0.6) is 0 Å². The largest absolute Gasteiger partial charge is 0.315 e. The first-order chi connectivity index (χ1) is 8.10. The number of aliphatic imine (C=N–C) groups is 1. The summed E-state index contributed by atoms with van der Waals surface area (Å²) < 4.78 is 0. The summed E-state index contributed by atoms with van der Waals surface area (Å²) >= 11 is 0. The minimum absolute atomic E-state index is 0.453. The van der Waals surface area contributed by atoms with Gasteiger partial charge in [0.05, 0.1) is 6.04 Å². The number of nitrogens with zero attached hydrogens (tertiary/aromatic N) is 2. The zero-order chi connectivity index (χ0) is 12.4. The third-order valence-corrected chi connectivity index (χ3v) is 2.89. The van der Waals surface area contributed by atoms with Crippen LogP contribution in [0.4, 0.5) is 5.69 Å². The number of nitrogens with two attached hydrogens (primary N) is 1. The molecule has 3 N–H and O–H groups in total. The van der Waals surface area contributed by atoms with Gasteiger partial charge in [-0.25, -0.2) is 10.8 Å². The average Bonchev–Trinajstić information content (AvgIpc) is 3.07. The molecule has 0 spiro atoms. The molecule has 4 nitrogen and oxygen atoms in total. The summed E-state index contributed by atoms with van der Waals surface area (Å²) in [4.78, 5) is 6.55. The van der Waals surface area contributed by atoms with Gasteiger partial charge in [0.15, 0.2) is 0 Å². The van der Waals surface area contributed by atoms with Crippen molar-refractivity contribution in [3.63, 3.8) is 0 Å². The molecule has 2 rings (SSSR count). The van der Waals surface area contributed by atoms with Crippen LogP contribution in [0.2, 0.25) is 0 Å². The molecule has 0 heterocycles. The normalized spacial score (nSPS) is 15.9. The fourth-order valence-corrected chi connectivity index (χ4v) is 1.86. The number of nitrogens with one attached hydrogen (secondary N) is 1. The van der Waals surface area contributed by atoms with Gasteiger partial charge in [0.1, 0.15) is 0 Å². The minimum Gasteiger partial charge on any atom is -0.315 e. The molecule has 92 valence electrons. The van der Waals surface area contributed by atoms with E-state index >= 15 is 0 Å². The summed E-state index contributed by atoms with van der Waals surface area (Å²) in [5.74, 6) is 6.27. The molecule has 1 aliphatic rings. The highest BCUT2D eigenvalue weighted by Crippen LogP contribution is 2.24. The maximum Gasteiger partial charge on any atom is 0.212 e. The van der Waals surface area contributed by atoms with Gasteiger partial charge in [-0.15, -0.1) is 0 Å². The molecule has 1 aliphatic carbocycles. The van der Waals surface area contributed by atoms with Gasteiger partial charge in [-0.2, -0.15) is 0 Å². The monoisotopic (exact) mass is 232 g/mol. The van der Waals surface area contributed by atoms with E-state index in [4.69, 9.17) is 5.84 Å². The Kier molecular flexibility index (Phi) is 3.33. The van der Waals surface area contributed by atoms with Crippen molar-refractivity contribution in [2.75, 3.05) is 11.9 Å². The minimum atomic E-state index is 0.453. The Labute approximate surface area is 102 Å². The highest BCUT2D eigenvalue weighted by molar-refractivity contribution is 5.95. The summed E-state index contributed by atoms with van der Waals surface area (Å²) in [6, 6.07) is 6.87. The van der Waals surface area contributed by atoms with Crippen molar-refractivity contribution < 1.29 is 0 Å². The van der Waals surface area contributed by atoms with E-state index in [1.54, 1.807) is 0 Å². The zero-order valence-electron chi connectivity index (χ0n) is 10.7. The summed E-state index contributed by atoms with van der Waals surface area (Å²) in [7, 11) is 1.98. The molecule has 1 aromatic rings. The number of hydrogen-bond donors (Lipinski definition) is 2. The second-order valence-electron chi connectivity index (χ2n) is 4.73. The Morgan fingerprint density at radius 1 is 1.29 bits per heavy atom. The second kappa shape index (κ2) is 4.75. The van der Waals surface area contributed by atoms with Gasteiger partial charge < -0.3 is 4.90 Å². The van der Waals surface area contributed by atoms with E-state index in [9.17, 15) is 0 Å². The van der Waals surface area contributed by atoms with Gasteiger partial charge in [-0.1, -0.05) is 6.07 Å². The number of aryl methyl sites for hydroxylation is 2. The first-order valence-electron chi connectivity index (χ1n) is 5.96. The summed E-state index contributed by atoms with van der Waals surface area (Å²) in [5.41, 5.74) is 6.29. The van der Waals surface area contributed by atoms with Crippen molar-refractivity contribution in [3.8, 4) is 0 Å². The van der Waals surface area contributed by atoms with Crippen LogP contribution in [0.3, 0.4) is 0 Å². The maximum absolute atomic E-state index is 5.54. The van der Waals surface area contributed by atoms with Gasteiger partial charge in [0.2, 0.25) is 5.96 Å². The van der Waals surface area contributed by atoms with Crippen LogP contribution >= 0.6 is 0 Å². The lowest BCUT2D eigenvalue weighted by Crippen LogP contribution is -2.43. The number of benzene rings is 1. The van der Waals surface area contributed by atoms with Gasteiger partial charge in [-0.3, -0.25) is 5.43 Å². The van der Waals surface area contributed by atoms with Gasteiger partial charge in [0, 0.05) is 12.7 Å². The molecule has 0 radical (unpaired) electrons. The lowest BCUT2D eigenvalue weighted by Gasteiger charge is -2.21. The first-order valence-corrected chi connectivity index (χ1v) is 5.96. The van der Waals surface area contributed by atoms with Crippen molar-refractivity contribution in [2.24, 2.45) is 10.8 Å². The number of hydrogen-bond acceptors (Lipinski definition) is 2. The summed E-state index contributed by atoms with van der Waals surface area (Å²) in [6.07, 6.45) is 2.34. The van der Waals surface area contributed by atoms with E-state index in [1.807, 2.05) is 11.9 Å². The van der Waals surface area contributed by atoms with E-state index in [0.717, 1.165) is 11.6 Å². The molecular weight excluding hydrogens is 212 g/mol. The number of hydrazine groups is 1. The molecule has 0 bridgehead atoms. The molecule has 4 heteroatoms. The Morgan fingerprint density at radius 2 is 1.88 bits per heavy atom. The predicted octanol–water partition coefficient (Wildman–Crippen LogP) is 1.72. The van der Waals surface area contributed by atoms with Crippen LogP contribution < -0.4 is 16.2 Å². The second-order valence-corrected chi connectivity index (χ2v) is 4.73. The van der Waals surface area contributed by atoms with Crippen LogP contribution in [-0.2, 0) is 0 Å².